The lowest BCUT2D eigenvalue weighted by Gasteiger charge is -2.32. The fraction of sp³-hybridized carbons (Fsp3) is 0.538. The highest BCUT2D eigenvalue weighted by atomic mass is 19.4. The van der Waals surface area contributed by atoms with Crippen molar-refractivity contribution in [3.8, 4) is 0 Å². The first-order valence-corrected chi connectivity index (χ1v) is 6.17. The van der Waals surface area contributed by atoms with Crippen molar-refractivity contribution in [3.63, 3.8) is 0 Å². The molecule has 0 spiro atoms. The standard InChI is InChI=1S/C13H15BF4O2/c1-11(2)12(3,4)20-14(19-11)10-8(13(16,17)18)6-5-7-9(10)15/h5-7H,1-4H3. The number of benzene rings is 1. The normalized spacial score (nSPS) is 21.3. The summed E-state index contributed by atoms with van der Waals surface area (Å²) in [6, 6.07) is 2.81. The Labute approximate surface area is 115 Å². The van der Waals surface area contributed by atoms with Crippen LogP contribution < -0.4 is 5.46 Å². The van der Waals surface area contributed by atoms with E-state index in [1.807, 2.05) is 0 Å². The van der Waals surface area contributed by atoms with Gasteiger partial charge < -0.3 is 9.31 Å². The molecule has 2 rings (SSSR count). The molecule has 0 aliphatic carbocycles. The van der Waals surface area contributed by atoms with E-state index in [-0.39, 0.29) is 0 Å². The molecule has 2 nitrogen and oxygen atoms in total. The molecule has 0 unspecified atom stereocenters. The Morgan fingerprint density at radius 1 is 1.00 bits per heavy atom. The highest BCUT2D eigenvalue weighted by Gasteiger charge is 2.54. The smallest absolute Gasteiger partial charge is 0.399 e. The summed E-state index contributed by atoms with van der Waals surface area (Å²) >= 11 is 0. The molecule has 1 aromatic carbocycles. The minimum Gasteiger partial charge on any atom is -0.399 e. The van der Waals surface area contributed by atoms with Gasteiger partial charge in [0.1, 0.15) is 5.82 Å². The molecule has 110 valence electrons. The van der Waals surface area contributed by atoms with Gasteiger partial charge in [0.15, 0.2) is 0 Å². The van der Waals surface area contributed by atoms with E-state index in [0.29, 0.717) is 0 Å². The largest absolute Gasteiger partial charge is 0.498 e. The second-order valence-electron chi connectivity index (χ2n) is 5.79. The molecule has 1 aromatic rings. The average molecular weight is 290 g/mol. The summed E-state index contributed by atoms with van der Waals surface area (Å²) < 4.78 is 63.9. The number of hydrogen-bond acceptors (Lipinski definition) is 2. The molecule has 0 aromatic heterocycles. The second-order valence-corrected chi connectivity index (χ2v) is 5.79. The molecule has 20 heavy (non-hydrogen) atoms. The Morgan fingerprint density at radius 2 is 1.50 bits per heavy atom. The van der Waals surface area contributed by atoms with E-state index >= 15 is 0 Å². The van der Waals surface area contributed by atoms with Crippen LogP contribution in [0.4, 0.5) is 17.6 Å². The summed E-state index contributed by atoms with van der Waals surface area (Å²) in [6.45, 7) is 6.78. The van der Waals surface area contributed by atoms with Crippen LogP contribution in [-0.4, -0.2) is 18.3 Å². The average Bonchev–Trinajstić information content (AvgIpc) is 2.46. The van der Waals surface area contributed by atoms with Crippen molar-refractivity contribution in [1.82, 2.24) is 0 Å². The molecule has 1 aliphatic heterocycles. The molecule has 1 fully saturated rings. The second kappa shape index (κ2) is 4.46. The Bertz CT molecular complexity index is 510. The molecule has 1 saturated heterocycles. The molecule has 7 heteroatoms. The van der Waals surface area contributed by atoms with Crippen molar-refractivity contribution in [2.24, 2.45) is 0 Å². The lowest BCUT2D eigenvalue weighted by atomic mass is 9.75. The molecule has 0 radical (unpaired) electrons. The third-order valence-corrected chi connectivity index (χ3v) is 3.85. The van der Waals surface area contributed by atoms with Crippen LogP contribution >= 0.6 is 0 Å². The van der Waals surface area contributed by atoms with Crippen molar-refractivity contribution in [2.45, 2.75) is 45.1 Å². The first-order chi connectivity index (χ1) is 8.96. The summed E-state index contributed by atoms with van der Waals surface area (Å²) in [5.41, 5.74) is -3.33. The van der Waals surface area contributed by atoms with Crippen LogP contribution in [0, 0.1) is 5.82 Å². The molecule has 0 saturated carbocycles. The number of alkyl halides is 3. The fourth-order valence-corrected chi connectivity index (χ4v) is 1.98. The van der Waals surface area contributed by atoms with Crippen molar-refractivity contribution in [1.29, 1.82) is 0 Å². The first-order valence-electron chi connectivity index (χ1n) is 6.17. The zero-order valence-corrected chi connectivity index (χ0v) is 11.6. The van der Waals surface area contributed by atoms with Crippen LogP contribution in [0.15, 0.2) is 18.2 Å². The third-order valence-electron chi connectivity index (χ3n) is 3.85. The maximum absolute atomic E-state index is 13.9. The van der Waals surface area contributed by atoms with Crippen LogP contribution in [0.5, 0.6) is 0 Å². The predicted molar refractivity (Wildman–Crippen MR) is 67.1 cm³/mol. The summed E-state index contributed by atoms with van der Waals surface area (Å²) in [4.78, 5) is 0. The van der Waals surface area contributed by atoms with Crippen LogP contribution in [0.1, 0.15) is 33.3 Å². The summed E-state index contributed by atoms with van der Waals surface area (Å²) in [6.07, 6.45) is -4.67. The monoisotopic (exact) mass is 290 g/mol. The van der Waals surface area contributed by atoms with Gasteiger partial charge >= 0.3 is 13.3 Å². The Morgan fingerprint density at radius 3 is 1.95 bits per heavy atom. The molecule has 1 aliphatic rings. The highest BCUT2D eigenvalue weighted by molar-refractivity contribution is 6.62. The molecular formula is C13H15BF4O2. The fourth-order valence-electron chi connectivity index (χ4n) is 1.98. The molecular weight excluding hydrogens is 275 g/mol. The van der Waals surface area contributed by atoms with Gasteiger partial charge in [-0.25, -0.2) is 4.39 Å². The third kappa shape index (κ3) is 2.44. The molecule has 1 heterocycles. The maximum atomic E-state index is 13.9. The van der Waals surface area contributed by atoms with Gasteiger partial charge in [-0.2, -0.15) is 13.2 Å². The summed E-state index contributed by atoms with van der Waals surface area (Å²) in [7, 11) is -1.38. The van der Waals surface area contributed by atoms with Gasteiger partial charge in [-0.15, -0.1) is 0 Å². The van der Waals surface area contributed by atoms with E-state index in [1.165, 1.54) is 0 Å². The zero-order chi connectivity index (χ0) is 15.3. The molecule has 0 amide bonds. The predicted octanol–water partition coefficient (Wildman–Crippen LogP) is 3.14. The van der Waals surface area contributed by atoms with Crippen molar-refractivity contribution >= 4 is 12.6 Å². The van der Waals surface area contributed by atoms with E-state index in [4.69, 9.17) is 9.31 Å². The van der Waals surface area contributed by atoms with Gasteiger partial charge in [0.2, 0.25) is 0 Å². The van der Waals surface area contributed by atoms with Crippen LogP contribution in [-0.2, 0) is 15.5 Å². The Kier molecular flexibility index (Phi) is 3.42. The van der Waals surface area contributed by atoms with Gasteiger partial charge in [-0.1, -0.05) is 12.1 Å². The number of halogens is 4. The van der Waals surface area contributed by atoms with Crippen LogP contribution in [0.3, 0.4) is 0 Å². The SMILES string of the molecule is CC1(C)OB(c2c(F)cccc2C(F)(F)F)OC1(C)C. The lowest BCUT2D eigenvalue weighted by molar-refractivity contribution is -0.137. The Balaban J connectivity index is 2.50. The van der Waals surface area contributed by atoms with Gasteiger partial charge in [-0.05, 0) is 33.8 Å². The minimum atomic E-state index is -4.67. The van der Waals surface area contributed by atoms with Gasteiger partial charge in [-0.3, -0.25) is 0 Å². The highest BCUT2D eigenvalue weighted by Crippen LogP contribution is 2.38. The van der Waals surface area contributed by atoms with Gasteiger partial charge in [0, 0.05) is 5.46 Å². The van der Waals surface area contributed by atoms with Crippen LogP contribution in [0.2, 0.25) is 0 Å². The maximum Gasteiger partial charge on any atom is 0.498 e. The zero-order valence-electron chi connectivity index (χ0n) is 11.6. The molecule has 0 N–H and O–H groups in total. The van der Waals surface area contributed by atoms with Gasteiger partial charge in [0.25, 0.3) is 0 Å². The van der Waals surface area contributed by atoms with Crippen LogP contribution in [0.25, 0.3) is 0 Å². The Hall–Kier alpha value is -1.08. The van der Waals surface area contributed by atoms with E-state index in [1.54, 1.807) is 27.7 Å². The van der Waals surface area contributed by atoms with Crippen molar-refractivity contribution in [3.05, 3.63) is 29.6 Å². The van der Waals surface area contributed by atoms with E-state index in [9.17, 15) is 17.6 Å². The molecule has 0 atom stereocenters. The lowest BCUT2D eigenvalue weighted by Crippen LogP contribution is -2.41. The van der Waals surface area contributed by atoms with Crippen molar-refractivity contribution < 1.29 is 26.9 Å². The first kappa shape index (κ1) is 15.3. The van der Waals surface area contributed by atoms with Crippen molar-refractivity contribution in [2.75, 3.05) is 0 Å². The van der Waals surface area contributed by atoms with E-state index in [0.717, 1.165) is 18.2 Å². The number of rotatable bonds is 1. The van der Waals surface area contributed by atoms with E-state index in [2.05, 4.69) is 0 Å². The topological polar surface area (TPSA) is 18.5 Å². The minimum absolute atomic E-state index is 0.598. The van der Waals surface area contributed by atoms with E-state index < -0.39 is 41.3 Å². The summed E-state index contributed by atoms with van der Waals surface area (Å²) in [5.74, 6) is -0.988. The van der Waals surface area contributed by atoms with Gasteiger partial charge in [0.05, 0.1) is 16.8 Å². The number of hydrogen-bond donors (Lipinski definition) is 0. The summed E-state index contributed by atoms with van der Waals surface area (Å²) in [5, 5.41) is 0. The molecule has 0 bridgehead atoms. The quantitative estimate of drug-likeness (QED) is 0.584.